The van der Waals surface area contributed by atoms with Gasteiger partial charge in [-0.15, -0.1) is 12.4 Å². The second kappa shape index (κ2) is 9.71. The number of aryl methyl sites for hydroxylation is 1. The van der Waals surface area contributed by atoms with E-state index in [2.05, 4.69) is 22.5 Å². The molecule has 2 heterocycles. The molecule has 2 atom stereocenters. The van der Waals surface area contributed by atoms with Crippen molar-refractivity contribution in [3.05, 3.63) is 53.9 Å². The predicted octanol–water partition coefficient (Wildman–Crippen LogP) is 1.82. The maximum Gasteiger partial charge on any atom is 0.228 e. The highest BCUT2D eigenvalue weighted by Crippen LogP contribution is 2.29. The Kier molecular flexibility index (Phi) is 7.63. The monoisotopic (exact) mass is 378 g/mol. The Hall–Kier alpha value is -1.89. The number of carbonyl (C=O) groups is 1. The molecule has 0 aliphatic carbocycles. The standard InChI is InChI=1S/C19H26N4O2.ClH/c1-22-14-16(10-21-22)17-11-20-12-18(17)19(24)23(8-9-25-2)13-15-6-4-3-5-7-15;/h3-7,10,14,17-18,20H,8-9,11-13H2,1-2H3;1H/t17-,18+;/m1./s1. The van der Waals surface area contributed by atoms with Gasteiger partial charge in [-0.3, -0.25) is 9.48 Å². The molecule has 1 aliphatic rings. The largest absolute Gasteiger partial charge is 0.383 e. The summed E-state index contributed by atoms with van der Waals surface area (Å²) in [4.78, 5) is 15.2. The van der Waals surface area contributed by atoms with Crippen LogP contribution in [0.15, 0.2) is 42.7 Å². The third-order valence-electron chi connectivity index (χ3n) is 4.78. The number of hydrogen-bond donors (Lipinski definition) is 1. The zero-order valence-electron chi connectivity index (χ0n) is 15.3. The van der Waals surface area contributed by atoms with Crippen LogP contribution in [0.3, 0.4) is 0 Å². The number of hydrogen-bond acceptors (Lipinski definition) is 4. The predicted molar refractivity (Wildman–Crippen MR) is 103 cm³/mol. The summed E-state index contributed by atoms with van der Waals surface area (Å²) in [5, 5.41) is 7.63. The molecule has 2 aromatic rings. The van der Waals surface area contributed by atoms with Crippen LogP contribution in [0.4, 0.5) is 0 Å². The van der Waals surface area contributed by atoms with Gasteiger partial charge in [-0.25, -0.2) is 0 Å². The molecule has 1 aliphatic heterocycles. The number of halogens is 1. The van der Waals surface area contributed by atoms with E-state index >= 15 is 0 Å². The highest BCUT2D eigenvalue weighted by molar-refractivity contribution is 5.85. The molecule has 0 saturated carbocycles. The molecule has 6 nitrogen and oxygen atoms in total. The number of amides is 1. The number of nitrogens with one attached hydrogen (secondary N) is 1. The Bertz CT molecular complexity index is 692. The molecule has 0 spiro atoms. The fourth-order valence-electron chi connectivity index (χ4n) is 3.43. The number of rotatable bonds is 7. The SMILES string of the molecule is COCCN(Cc1ccccc1)C(=O)[C@H]1CNC[C@@H]1c1cnn(C)c1.Cl. The van der Waals surface area contributed by atoms with Gasteiger partial charge < -0.3 is 15.0 Å². The molecule has 3 rings (SSSR count). The van der Waals surface area contributed by atoms with Crippen molar-refractivity contribution >= 4 is 18.3 Å². The third kappa shape index (κ3) is 4.84. The molecule has 1 aromatic heterocycles. The molecule has 142 valence electrons. The van der Waals surface area contributed by atoms with Crippen molar-refractivity contribution in [2.75, 3.05) is 33.4 Å². The van der Waals surface area contributed by atoms with Gasteiger partial charge in [0.1, 0.15) is 0 Å². The van der Waals surface area contributed by atoms with Gasteiger partial charge in [0, 0.05) is 52.5 Å². The molecule has 0 bridgehead atoms. The lowest BCUT2D eigenvalue weighted by Crippen LogP contribution is -2.40. The maximum atomic E-state index is 13.2. The van der Waals surface area contributed by atoms with E-state index < -0.39 is 0 Å². The highest BCUT2D eigenvalue weighted by atomic mass is 35.5. The van der Waals surface area contributed by atoms with Crippen molar-refractivity contribution in [2.24, 2.45) is 13.0 Å². The number of carbonyl (C=O) groups excluding carboxylic acids is 1. The molecule has 0 unspecified atom stereocenters. The first-order chi connectivity index (χ1) is 12.2. The average Bonchev–Trinajstić information content (AvgIpc) is 3.27. The van der Waals surface area contributed by atoms with E-state index in [0.717, 1.165) is 17.7 Å². The Morgan fingerprint density at radius 1 is 1.35 bits per heavy atom. The van der Waals surface area contributed by atoms with Crippen LogP contribution in [0.1, 0.15) is 17.0 Å². The number of methoxy groups -OCH3 is 1. The van der Waals surface area contributed by atoms with Crippen molar-refractivity contribution in [1.29, 1.82) is 0 Å². The molecule has 1 N–H and O–H groups in total. The lowest BCUT2D eigenvalue weighted by molar-refractivity contribution is -0.136. The fraction of sp³-hybridized carbons (Fsp3) is 0.474. The van der Waals surface area contributed by atoms with E-state index in [9.17, 15) is 4.79 Å². The van der Waals surface area contributed by atoms with Gasteiger partial charge in [-0.1, -0.05) is 30.3 Å². The quantitative estimate of drug-likeness (QED) is 0.798. The Labute approximate surface area is 160 Å². The first kappa shape index (κ1) is 20.4. The van der Waals surface area contributed by atoms with E-state index in [4.69, 9.17) is 4.74 Å². The van der Waals surface area contributed by atoms with Crippen molar-refractivity contribution in [2.45, 2.75) is 12.5 Å². The van der Waals surface area contributed by atoms with Crippen molar-refractivity contribution < 1.29 is 9.53 Å². The highest BCUT2D eigenvalue weighted by Gasteiger charge is 2.37. The minimum Gasteiger partial charge on any atom is -0.383 e. The number of ether oxygens (including phenoxy) is 1. The Balaban J connectivity index is 0.00000243. The van der Waals surface area contributed by atoms with E-state index in [0.29, 0.717) is 26.2 Å². The van der Waals surface area contributed by atoms with Gasteiger partial charge in [0.05, 0.1) is 18.7 Å². The van der Waals surface area contributed by atoms with Gasteiger partial charge in [-0.2, -0.15) is 5.10 Å². The summed E-state index contributed by atoms with van der Waals surface area (Å²) in [6.45, 7) is 3.26. The van der Waals surface area contributed by atoms with Gasteiger partial charge >= 0.3 is 0 Å². The van der Waals surface area contributed by atoms with Crippen molar-refractivity contribution in [3.63, 3.8) is 0 Å². The number of benzene rings is 1. The molecule has 1 saturated heterocycles. The summed E-state index contributed by atoms with van der Waals surface area (Å²) < 4.78 is 7.01. The molecule has 1 amide bonds. The van der Waals surface area contributed by atoms with Gasteiger partial charge in [0.2, 0.25) is 5.91 Å². The molecule has 0 radical (unpaired) electrons. The first-order valence-electron chi connectivity index (χ1n) is 8.70. The van der Waals surface area contributed by atoms with Crippen LogP contribution < -0.4 is 5.32 Å². The van der Waals surface area contributed by atoms with E-state index in [1.165, 1.54) is 0 Å². The summed E-state index contributed by atoms with van der Waals surface area (Å²) in [6.07, 6.45) is 3.88. The molecule has 1 fully saturated rings. The summed E-state index contributed by atoms with van der Waals surface area (Å²) in [6, 6.07) is 10.1. The summed E-state index contributed by atoms with van der Waals surface area (Å²) in [5.41, 5.74) is 2.26. The lowest BCUT2D eigenvalue weighted by Gasteiger charge is -2.27. The molecular formula is C19H27ClN4O2. The van der Waals surface area contributed by atoms with Gasteiger partial charge in [-0.05, 0) is 11.1 Å². The van der Waals surface area contributed by atoms with Crippen LogP contribution in [0, 0.1) is 5.92 Å². The van der Waals surface area contributed by atoms with Crippen LogP contribution in [0.5, 0.6) is 0 Å². The van der Waals surface area contributed by atoms with Crippen LogP contribution >= 0.6 is 12.4 Å². The van der Waals surface area contributed by atoms with Crippen LogP contribution in [0.25, 0.3) is 0 Å². The average molecular weight is 379 g/mol. The fourth-order valence-corrected chi connectivity index (χ4v) is 3.43. The minimum absolute atomic E-state index is 0. The van der Waals surface area contributed by atoms with Crippen molar-refractivity contribution in [1.82, 2.24) is 20.0 Å². The topological polar surface area (TPSA) is 59.4 Å². The van der Waals surface area contributed by atoms with Crippen LogP contribution in [-0.4, -0.2) is 53.9 Å². The Morgan fingerprint density at radius 3 is 2.77 bits per heavy atom. The zero-order valence-corrected chi connectivity index (χ0v) is 16.1. The summed E-state index contributed by atoms with van der Waals surface area (Å²) in [5.74, 6) is 0.284. The maximum absolute atomic E-state index is 13.2. The molecular weight excluding hydrogens is 352 g/mol. The Morgan fingerprint density at radius 2 is 2.12 bits per heavy atom. The van der Waals surface area contributed by atoms with Crippen LogP contribution in [0.2, 0.25) is 0 Å². The van der Waals surface area contributed by atoms with E-state index in [-0.39, 0.29) is 30.2 Å². The minimum atomic E-state index is -0.0650. The third-order valence-corrected chi connectivity index (χ3v) is 4.78. The summed E-state index contributed by atoms with van der Waals surface area (Å²) in [7, 11) is 3.57. The zero-order chi connectivity index (χ0) is 17.6. The number of nitrogens with zero attached hydrogens (tertiary/aromatic N) is 3. The van der Waals surface area contributed by atoms with Crippen molar-refractivity contribution in [3.8, 4) is 0 Å². The van der Waals surface area contributed by atoms with E-state index in [1.807, 2.05) is 42.5 Å². The molecule has 7 heteroatoms. The normalized spacial score (nSPS) is 19.2. The van der Waals surface area contributed by atoms with Crippen LogP contribution in [-0.2, 0) is 23.1 Å². The number of aromatic nitrogens is 2. The summed E-state index contributed by atoms with van der Waals surface area (Å²) >= 11 is 0. The van der Waals surface area contributed by atoms with Gasteiger partial charge in [0.15, 0.2) is 0 Å². The second-order valence-corrected chi connectivity index (χ2v) is 6.56. The first-order valence-corrected chi connectivity index (χ1v) is 8.70. The smallest absolute Gasteiger partial charge is 0.228 e. The van der Waals surface area contributed by atoms with E-state index in [1.54, 1.807) is 11.8 Å². The molecule has 1 aromatic carbocycles. The van der Waals surface area contributed by atoms with Gasteiger partial charge in [0.25, 0.3) is 0 Å². The molecule has 26 heavy (non-hydrogen) atoms. The second-order valence-electron chi connectivity index (χ2n) is 6.56. The lowest BCUT2D eigenvalue weighted by atomic mass is 9.89.